The zero-order valence-electron chi connectivity index (χ0n) is 16.9. The molecule has 0 atom stereocenters. The number of hydrogen-bond donors (Lipinski definition) is 1. The summed E-state index contributed by atoms with van der Waals surface area (Å²) in [5.41, 5.74) is 0.954. The quantitative estimate of drug-likeness (QED) is 0.536. The van der Waals surface area contributed by atoms with Crippen LogP contribution < -0.4 is 5.32 Å². The highest BCUT2D eigenvalue weighted by Gasteiger charge is 2.35. The largest absolute Gasteiger partial charge is 0.334 e. The summed E-state index contributed by atoms with van der Waals surface area (Å²) < 4.78 is 26.9. The summed E-state index contributed by atoms with van der Waals surface area (Å²) in [4.78, 5) is 37.0. The molecule has 164 valence electrons. The van der Waals surface area contributed by atoms with E-state index >= 15 is 0 Å². The Kier molecular flexibility index (Phi) is 6.54. The lowest BCUT2D eigenvalue weighted by Crippen LogP contribution is -2.48. The Hall–Kier alpha value is -3.47. The molecule has 1 saturated heterocycles. The second-order valence-electron chi connectivity index (χ2n) is 7.15. The number of amides is 3. The number of carbonyl (C=O) groups is 2. The summed E-state index contributed by atoms with van der Waals surface area (Å²) in [5.74, 6) is -0.739. The molecule has 0 radical (unpaired) electrons. The van der Waals surface area contributed by atoms with Gasteiger partial charge in [-0.25, -0.2) is 17.5 Å². The smallest absolute Gasteiger partial charge is 0.325 e. The van der Waals surface area contributed by atoms with Gasteiger partial charge in [0.1, 0.15) is 6.54 Å². The van der Waals surface area contributed by atoms with E-state index in [1.54, 1.807) is 19.1 Å². The fraction of sp³-hybridized carbons (Fsp3) is 0.300. The Morgan fingerprint density at radius 1 is 1.06 bits per heavy atom. The number of rotatable bonds is 6. The van der Waals surface area contributed by atoms with E-state index in [0.717, 1.165) is 18.4 Å². The predicted octanol–water partition coefficient (Wildman–Crippen LogP) is 2.75. The Morgan fingerprint density at radius 3 is 2.19 bits per heavy atom. The summed E-state index contributed by atoms with van der Waals surface area (Å²) >= 11 is 0. The van der Waals surface area contributed by atoms with Crippen LogP contribution >= 0.6 is 0 Å². The van der Waals surface area contributed by atoms with Crippen molar-refractivity contribution in [1.29, 1.82) is 0 Å². The molecule has 11 heteroatoms. The molecule has 2 aromatic rings. The van der Waals surface area contributed by atoms with E-state index in [2.05, 4.69) is 5.32 Å². The molecule has 0 spiro atoms. The van der Waals surface area contributed by atoms with Crippen molar-refractivity contribution in [2.24, 2.45) is 0 Å². The van der Waals surface area contributed by atoms with E-state index in [4.69, 9.17) is 0 Å². The molecule has 0 saturated carbocycles. The van der Waals surface area contributed by atoms with Gasteiger partial charge in [-0.1, -0.05) is 17.7 Å². The Morgan fingerprint density at radius 2 is 1.65 bits per heavy atom. The maximum Gasteiger partial charge on any atom is 0.334 e. The molecular formula is C20H22N4O6S. The number of hydrogen-bond acceptors (Lipinski definition) is 6. The van der Waals surface area contributed by atoms with Crippen molar-refractivity contribution >= 4 is 33.3 Å². The Balaban J connectivity index is 1.83. The predicted molar refractivity (Wildman–Crippen MR) is 113 cm³/mol. The number of likely N-dealkylation sites (tertiary alicyclic amines) is 1. The van der Waals surface area contributed by atoms with Crippen LogP contribution in [0.4, 0.5) is 16.2 Å². The van der Waals surface area contributed by atoms with Crippen molar-refractivity contribution < 1.29 is 22.9 Å². The molecule has 1 aliphatic rings. The third-order valence-corrected chi connectivity index (χ3v) is 6.58. The van der Waals surface area contributed by atoms with Crippen LogP contribution in [0.25, 0.3) is 0 Å². The maximum atomic E-state index is 13.2. The van der Waals surface area contributed by atoms with Crippen molar-refractivity contribution in [2.45, 2.75) is 24.7 Å². The van der Waals surface area contributed by atoms with Gasteiger partial charge in [0.25, 0.3) is 15.7 Å². The molecule has 0 aliphatic carbocycles. The summed E-state index contributed by atoms with van der Waals surface area (Å²) in [7, 11) is -4.27. The fourth-order valence-electron chi connectivity index (χ4n) is 3.16. The number of nitro benzene ring substituents is 1. The molecule has 31 heavy (non-hydrogen) atoms. The third kappa shape index (κ3) is 5.18. The number of carbonyl (C=O) groups excluding carboxylic acids is 2. The van der Waals surface area contributed by atoms with Crippen LogP contribution in [0.15, 0.2) is 53.4 Å². The number of nitro groups is 1. The van der Waals surface area contributed by atoms with Gasteiger partial charge in [0.05, 0.1) is 9.82 Å². The van der Waals surface area contributed by atoms with Crippen LogP contribution in [0.3, 0.4) is 0 Å². The Labute approximate surface area is 179 Å². The highest BCUT2D eigenvalue weighted by Crippen LogP contribution is 2.21. The number of urea groups is 1. The van der Waals surface area contributed by atoms with Gasteiger partial charge in [-0.15, -0.1) is 0 Å². The van der Waals surface area contributed by atoms with Crippen molar-refractivity contribution in [3.63, 3.8) is 0 Å². The molecule has 0 aromatic heterocycles. The molecule has 1 N–H and O–H groups in total. The second-order valence-corrected chi connectivity index (χ2v) is 9.02. The van der Waals surface area contributed by atoms with Crippen LogP contribution in [0.2, 0.25) is 0 Å². The van der Waals surface area contributed by atoms with Gasteiger partial charge in [0.15, 0.2) is 0 Å². The number of anilines is 1. The first-order valence-electron chi connectivity index (χ1n) is 9.61. The zero-order chi connectivity index (χ0) is 22.6. The number of non-ortho nitro benzene ring substituents is 1. The molecule has 1 aliphatic heterocycles. The zero-order valence-corrected chi connectivity index (χ0v) is 17.7. The number of nitrogens with one attached hydrogen (secondary N) is 1. The summed E-state index contributed by atoms with van der Waals surface area (Å²) in [6, 6.07) is 10.3. The first kappa shape index (κ1) is 22.2. The first-order valence-corrected chi connectivity index (χ1v) is 11.0. The van der Waals surface area contributed by atoms with Gasteiger partial charge >= 0.3 is 6.03 Å². The standard InChI is InChI=1S/C20H22N4O6S/c1-15-4-10-18(11-5-15)31(29,30)23(20(26)22-12-2-3-13-22)14-19(25)21-16-6-8-17(9-7-16)24(27)28/h4-11H,2-3,12-14H2,1H3,(H,21,25). The number of sulfonamides is 1. The molecular weight excluding hydrogens is 424 g/mol. The highest BCUT2D eigenvalue weighted by atomic mass is 32.2. The van der Waals surface area contributed by atoms with Gasteiger partial charge in [0.2, 0.25) is 5.91 Å². The number of benzene rings is 2. The van der Waals surface area contributed by atoms with E-state index in [0.29, 0.717) is 17.4 Å². The molecule has 2 aromatic carbocycles. The first-order chi connectivity index (χ1) is 14.7. The topological polar surface area (TPSA) is 130 Å². The van der Waals surface area contributed by atoms with E-state index in [-0.39, 0.29) is 16.3 Å². The van der Waals surface area contributed by atoms with Crippen molar-refractivity contribution in [2.75, 3.05) is 25.0 Å². The molecule has 3 amide bonds. The molecule has 1 heterocycles. The van der Waals surface area contributed by atoms with Gasteiger partial charge in [-0.3, -0.25) is 14.9 Å². The minimum absolute atomic E-state index is 0.0891. The third-order valence-electron chi connectivity index (χ3n) is 4.85. The van der Waals surface area contributed by atoms with Gasteiger partial charge in [-0.2, -0.15) is 0 Å². The lowest BCUT2D eigenvalue weighted by molar-refractivity contribution is -0.384. The molecule has 0 unspecified atom stereocenters. The van der Waals surface area contributed by atoms with Crippen LogP contribution in [-0.4, -0.2) is 54.1 Å². The fourth-order valence-corrected chi connectivity index (χ4v) is 4.50. The average Bonchev–Trinajstić information content (AvgIpc) is 3.27. The lowest BCUT2D eigenvalue weighted by atomic mass is 10.2. The van der Waals surface area contributed by atoms with Crippen LogP contribution in [-0.2, 0) is 14.8 Å². The minimum Gasteiger partial charge on any atom is -0.325 e. The van der Waals surface area contributed by atoms with Gasteiger partial charge < -0.3 is 10.2 Å². The van der Waals surface area contributed by atoms with Gasteiger partial charge in [-0.05, 0) is 44.0 Å². The average molecular weight is 446 g/mol. The lowest BCUT2D eigenvalue weighted by Gasteiger charge is -2.27. The van der Waals surface area contributed by atoms with E-state index in [1.165, 1.54) is 41.3 Å². The molecule has 3 rings (SSSR count). The van der Waals surface area contributed by atoms with E-state index < -0.39 is 33.4 Å². The molecule has 1 fully saturated rings. The monoisotopic (exact) mass is 446 g/mol. The van der Waals surface area contributed by atoms with Crippen LogP contribution in [0.5, 0.6) is 0 Å². The SMILES string of the molecule is Cc1ccc(S(=O)(=O)N(CC(=O)Nc2ccc([N+](=O)[O-])cc2)C(=O)N2CCCC2)cc1. The molecule has 0 bridgehead atoms. The minimum atomic E-state index is -4.27. The number of nitrogens with zero attached hydrogens (tertiary/aromatic N) is 3. The normalized spacial score (nSPS) is 13.6. The highest BCUT2D eigenvalue weighted by molar-refractivity contribution is 7.89. The van der Waals surface area contributed by atoms with Crippen LogP contribution in [0, 0.1) is 17.0 Å². The summed E-state index contributed by atoms with van der Waals surface area (Å²) in [6.07, 6.45) is 1.53. The van der Waals surface area contributed by atoms with Gasteiger partial charge in [0, 0.05) is 30.9 Å². The molecule has 10 nitrogen and oxygen atoms in total. The second kappa shape index (κ2) is 9.13. The van der Waals surface area contributed by atoms with E-state index in [1.807, 2.05) is 0 Å². The van der Waals surface area contributed by atoms with Crippen molar-refractivity contribution in [3.05, 3.63) is 64.2 Å². The van der Waals surface area contributed by atoms with Crippen molar-refractivity contribution in [1.82, 2.24) is 9.21 Å². The Bertz CT molecular complexity index is 1080. The van der Waals surface area contributed by atoms with E-state index in [9.17, 15) is 28.1 Å². The number of aryl methyl sites for hydroxylation is 1. The van der Waals surface area contributed by atoms with Crippen molar-refractivity contribution in [3.8, 4) is 0 Å². The maximum absolute atomic E-state index is 13.2. The summed E-state index contributed by atoms with van der Waals surface area (Å²) in [6.45, 7) is 1.93. The summed E-state index contributed by atoms with van der Waals surface area (Å²) in [5, 5.41) is 13.2. The van der Waals surface area contributed by atoms with Crippen LogP contribution in [0.1, 0.15) is 18.4 Å².